The Kier molecular flexibility index (Phi) is 2.55. The van der Waals surface area contributed by atoms with Gasteiger partial charge in [0.05, 0.1) is 5.52 Å². The lowest BCUT2D eigenvalue weighted by atomic mass is 10.2. The first-order valence-corrected chi connectivity index (χ1v) is 6.05. The van der Waals surface area contributed by atoms with Crippen molar-refractivity contribution in [3.05, 3.63) is 48.4 Å². The van der Waals surface area contributed by atoms with Crippen LogP contribution in [-0.4, -0.2) is 14.3 Å². The first-order chi connectivity index (χ1) is 8.74. The van der Waals surface area contributed by atoms with Gasteiger partial charge in [0.2, 0.25) is 0 Å². The predicted octanol–water partition coefficient (Wildman–Crippen LogP) is 2.20. The van der Waals surface area contributed by atoms with Crippen LogP contribution in [0.5, 0.6) is 0 Å². The molecular formula is C14H16N4. The van der Waals surface area contributed by atoms with Gasteiger partial charge in [-0.1, -0.05) is 6.07 Å². The minimum absolute atomic E-state index is 0.808. The second-order valence-electron chi connectivity index (χ2n) is 4.52. The molecule has 0 radical (unpaired) electrons. The minimum atomic E-state index is 0.808. The monoisotopic (exact) mass is 240 g/mol. The van der Waals surface area contributed by atoms with E-state index in [1.807, 2.05) is 30.1 Å². The Balaban J connectivity index is 1.87. The van der Waals surface area contributed by atoms with E-state index in [0.717, 1.165) is 18.7 Å². The normalized spacial score (nSPS) is 11.2. The van der Waals surface area contributed by atoms with Crippen molar-refractivity contribution in [2.24, 2.45) is 7.05 Å². The second-order valence-corrected chi connectivity index (χ2v) is 4.52. The number of benzene rings is 1. The van der Waals surface area contributed by atoms with Crippen LogP contribution in [0.25, 0.3) is 10.9 Å². The van der Waals surface area contributed by atoms with Crippen LogP contribution in [0.3, 0.4) is 0 Å². The largest absolute Gasteiger partial charge is 0.399 e. The van der Waals surface area contributed by atoms with E-state index in [9.17, 15) is 0 Å². The van der Waals surface area contributed by atoms with Crippen molar-refractivity contribution in [3.8, 4) is 0 Å². The fourth-order valence-electron chi connectivity index (χ4n) is 2.28. The molecule has 0 saturated carbocycles. The average Bonchev–Trinajstić information content (AvgIpc) is 2.93. The summed E-state index contributed by atoms with van der Waals surface area (Å²) in [6, 6.07) is 10.2. The summed E-state index contributed by atoms with van der Waals surface area (Å²) in [5.74, 6) is 0. The van der Waals surface area contributed by atoms with Crippen LogP contribution >= 0.6 is 0 Å². The van der Waals surface area contributed by atoms with E-state index in [-0.39, 0.29) is 0 Å². The van der Waals surface area contributed by atoms with Crippen molar-refractivity contribution >= 4 is 16.6 Å². The Morgan fingerprint density at radius 2 is 2.11 bits per heavy atom. The Bertz CT molecular complexity index is 678. The number of nitrogens with two attached hydrogens (primary N) is 1. The molecule has 18 heavy (non-hydrogen) atoms. The summed E-state index contributed by atoms with van der Waals surface area (Å²) in [6.45, 7) is 0.937. The molecule has 0 aliphatic heterocycles. The molecule has 0 unspecified atom stereocenters. The number of hydrogen-bond acceptors (Lipinski definition) is 2. The molecular weight excluding hydrogens is 224 g/mol. The van der Waals surface area contributed by atoms with E-state index < -0.39 is 0 Å². The molecule has 0 fully saturated rings. The highest BCUT2D eigenvalue weighted by atomic mass is 15.3. The molecule has 0 aliphatic carbocycles. The number of aromatic nitrogens is 3. The van der Waals surface area contributed by atoms with Crippen molar-refractivity contribution in [1.82, 2.24) is 14.3 Å². The number of nitrogens with zero attached hydrogens (tertiary/aromatic N) is 3. The van der Waals surface area contributed by atoms with Gasteiger partial charge in [-0.3, -0.25) is 4.68 Å². The Morgan fingerprint density at radius 3 is 2.89 bits per heavy atom. The number of nitrogen functional groups attached to an aromatic ring is 1. The summed E-state index contributed by atoms with van der Waals surface area (Å²) in [7, 11) is 1.97. The maximum Gasteiger partial charge on any atom is 0.0501 e. The molecule has 3 rings (SSSR count). The van der Waals surface area contributed by atoms with Crippen LogP contribution in [-0.2, 0) is 20.0 Å². The SMILES string of the molecule is Cn1nccc1CCn1ccc2ccc(N)cc21. The van der Waals surface area contributed by atoms with Crippen molar-refractivity contribution in [3.63, 3.8) is 0 Å². The van der Waals surface area contributed by atoms with E-state index >= 15 is 0 Å². The maximum atomic E-state index is 5.84. The highest BCUT2D eigenvalue weighted by Gasteiger charge is 2.03. The topological polar surface area (TPSA) is 48.8 Å². The molecule has 0 atom stereocenters. The van der Waals surface area contributed by atoms with Crippen molar-refractivity contribution in [2.45, 2.75) is 13.0 Å². The fourth-order valence-corrected chi connectivity index (χ4v) is 2.28. The van der Waals surface area contributed by atoms with Gasteiger partial charge < -0.3 is 10.3 Å². The zero-order valence-corrected chi connectivity index (χ0v) is 10.4. The number of aryl methyl sites for hydroxylation is 3. The third kappa shape index (κ3) is 1.86. The third-order valence-electron chi connectivity index (χ3n) is 3.33. The Morgan fingerprint density at radius 1 is 1.22 bits per heavy atom. The van der Waals surface area contributed by atoms with E-state index in [2.05, 4.69) is 34.1 Å². The molecule has 4 heteroatoms. The molecule has 2 heterocycles. The molecule has 0 saturated heterocycles. The van der Waals surface area contributed by atoms with Gasteiger partial charge in [-0.15, -0.1) is 0 Å². The molecule has 2 aromatic heterocycles. The van der Waals surface area contributed by atoms with E-state index in [4.69, 9.17) is 5.73 Å². The predicted molar refractivity (Wildman–Crippen MR) is 73.3 cm³/mol. The summed E-state index contributed by atoms with van der Waals surface area (Å²) >= 11 is 0. The number of fused-ring (bicyclic) bond motifs is 1. The lowest BCUT2D eigenvalue weighted by Crippen LogP contribution is -2.04. The molecule has 2 N–H and O–H groups in total. The summed E-state index contributed by atoms with van der Waals surface area (Å²) in [4.78, 5) is 0. The van der Waals surface area contributed by atoms with E-state index in [0.29, 0.717) is 0 Å². The molecule has 0 amide bonds. The number of anilines is 1. The Hall–Kier alpha value is -2.23. The molecule has 0 aliphatic rings. The summed E-state index contributed by atoms with van der Waals surface area (Å²) in [5.41, 5.74) is 9.08. The smallest absolute Gasteiger partial charge is 0.0501 e. The van der Waals surface area contributed by atoms with Gasteiger partial charge in [0.1, 0.15) is 0 Å². The molecule has 92 valence electrons. The zero-order chi connectivity index (χ0) is 12.5. The van der Waals surface area contributed by atoms with Crippen LogP contribution in [0.4, 0.5) is 5.69 Å². The van der Waals surface area contributed by atoms with Crippen molar-refractivity contribution in [1.29, 1.82) is 0 Å². The first-order valence-electron chi connectivity index (χ1n) is 6.05. The molecule has 0 spiro atoms. The summed E-state index contributed by atoms with van der Waals surface area (Å²) < 4.78 is 4.15. The Labute approximate surface area is 106 Å². The number of rotatable bonds is 3. The van der Waals surface area contributed by atoms with Crippen molar-refractivity contribution in [2.75, 3.05) is 5.73 Å². The first kappa shape index (κ1) is 10.9. The van der Waals surface area contributed by atoms with Crippen LogP contribution in [0.2, 0.25) is 0 Å². The molecule has 4 nitrogen and oxygen atoms in total. The van der Waals surface area contributed by atoms with Crippen LogP contribution < -0.4 is 5.73 Å². The lowest BCUT2D eigenvalue weighted by molar-refractivity contribution is 0.649. The van der Waals surface area contributed by atoms with Gasteiger partial charge in [0.25, 0.3) is 0 Å². The molecule has 1 aromatic carbocycles. The van der Waals surface area contributed by atoms with Gasteiger partial charge in [-0.25, -0.2) is 0 Å². The average molecular weight is 240 g/mol. The summed E-state index contributed by atoms with van der Waals surface area (Å²) in [5, 5.41) is 5.41. The lowest BCUT2D eigenvalue weighted by Gasteiger charge is -2.06. The second kappa shape index (κ2) is 4.22. The molecule has 0 bridgehead atoms. The highest BCUT2D eigenvalue weighted by molar-refractivity contribution is 5.83. The molecule has 3 aromatic rings. The van der Waals surface area contributed by atoms with E-state index in [1.54, 1.807) is 0 Å². The maximum absolute atomic E-state index is 5.84. The fraction of sp³-hybridized carbons (Fsp3) is 0.214. The third-order valence-corrected chi connectivity index (χ3v) is 3.33. The van der Waals surface area contributed by atoms with Gasteiger partial charge in [-0.05, 0) is 29.7 Å². The quantitative estimate of drug-likeness (QED) is 0.713. The van der Waals surface area contributed by atoms with Crippen LogP contribution in [0.1, 0.15) is 5.69 Å². The van der Waals surface area contributed by atoms with Crippen LogP contribution in [0, 0.1) is 0 Å². The van der Waals surface area contributed by atoms with E-state index in [1.165, 1.54) is 16.6 Å². The van der Waals surface area contributed by atoms with Gasteiger partial charge >= 0.3 is 0 Å². The van der Waals surface area contributed by atoms with Crippen LogP contribution in [0.15, 0.2) is 42.7 Å². The minimum Gasteiger partial charge on any atom is -0.399 e. The summed E-state index contributed by atoms with van der Waals surface area (Å²) in [6.07, 6.45) is 4.91. The van der Waals surface area contributed by atoms with Crippen molar-refractivity contribution < 1.29 is 0 Å². The zero-order valence-electron chi connectivity index (χ0n) is 10.4. The van der Waals surface area contributed by atoms with Gasteiger partial charge in [0.15, 0.2) is 0 Å². The van der Waals surface area contributed by atoms with Gasteiger partial charge in [0, 0.05) is 43.8 Å². The van der Waals surface area contributed by atoms with Gasteiger partial charge in [-0.2, -0.15) is 5.10 Å². The highest BCUT2D eigenvalue weighted by Crippen LogP contribution is 2.19. The standard InChI is InChI=1S/C14H16N4/c1-17-13(4-7-16-17)6-9-18-8-5-11-2-3-12(15)10-14(11)18/h2-5,7-8,10H,6,9,15H2,1H3. The number of hydrogen-bond donors (Lipinski definition) is 1.